The van der Waals surface area contributed by atoms with E-state index in [4.69, 9.17) is 4.74 Å². The molecule has 0 aliphatic heterocycles. The molecule has 3 heteroatoms. The predicted octanol–water partition coefficient (Wildman–Crippen LogP) is 1.10. The molecule has 12 heavy (non-hydrogen) atoms. The van der Waals surface area contributed by atoms with Crippen molar-refractivity contribution in [3.05, 3.63) is 0 Å². The van der Waals surface area contributed by atoms with Crippen molar-refractivity contribution >= 4 is 5.97 Å². The Morgan fingerprint density at radius 2 is 2.17 bits per heavy atom. The Hall–Kier alpha value is -0.570. The van der Waals surface area contributed by atoms with E-state index in [1.807, 2.05) is 0 Å². The largest absolute Gasteiger partial charge is 0.466 e. The second-order valence-corrected chi connectivity index (χ2v) is 3.21. The van der Waals surface area contributed by atoms with Gasteiger partial charge in [0.1, 0.15) is 0 Å². The molecule has 1 N–H and O–H groups in total. The van der Waals surface area contributed by atoms with Gasteiger partial charge in [-0.05, 0) is 19.8 Å². The Labute approximate surface area is 72.7 Å². The second-order valence-electron chi connectivity index (χ2n) is 3.21. The van der Waals surface area contributed by atoms with Crippen LogP contribution in [0.5, 0.6) is 0 Å². The van der Waals surface area contributed by atoms with Crippen LogP contribution in [0.25, 0.3) is 0 Å². The van der Waals surface area contributed by atoms with E-state index in [-0.39, 0.29) is 11.9 Å². The molecule has 0 aromatic rings. The summed E-state index contributed by atoms with van der Waals surface area (Å²) in [6.07, 6.45) is 3.10. The Bertz CT molecular complexity index is 156. The first kappa shape index (κ1) is 9.52. The minimum atomic E-state index is -0.474. The lowest BCUT2D eigenvalue weighted by Gasteiger charge is -2.25. The summed E-state index contributed by atoms with van der Waals surface area (Å²) in [5.74, 6) is -0.497. The Balaban J connectivity index is 2.42. The topological polar surface area (TPSA) is 46.5 Å². The van der Waals surface area contributed by atoms with Crippen LogP contribution in [0.1, 0.15) is 32.6 Å². The molecule has 0 aromatic heterocycles. The van der Waals surface area contributed by atoms with E-state index >= 15 is 0 Å². The van der Waals surface area contributed by atoms with E-state index in [1.165, 1.54) is 0 Å². The predicted molar refractivity (Wildman–Crippen MR) is 44.6 cm³/mol. The summed E-state index contributed by atoms with van der Waals surface area (Å²) in [4.78, 5) is 11.2. The van der Waals surface area contributed by atoms with Crippen LogP contribution in [-0.4, -0.2) is 23.8 Å². The monoisotopic (exact) mass is 172 g/mol. The zero-order valence-electron chi connectivity index (χ0n) is 7.45. The number of aliphatic hydroxyl groups excluding tert-OH is 1. The molecule has 0 bridgehead atoms. The summed E-state index contributed by atoms with van der Waals surface area (Å²) in [5.41, 5.74) is 0. The summed E-state index contributed by atoms with van der Waals surface area (Å²) >= 11 is 0. The highest BCUT2D eigenvalue weighted by Crippen LogP contribution is 2.25. The van der Waals surface area contributed by atoms with Gasteiger partial charge < -0.3 is 9.84 Å². The summed E-state index contributed by atoms with van der Waals surface area (Å²) in [6, 6.07) is 0. The Kier molecular flexibility index (Phi) is 3.53. The third-order valence-electron chi connectivity index (χ3n) is 2.32. The van der Waals surface area contributed by atoms with Crippen LogP contribution in [0.2, 0.25) is 0 Å². The molecular formula is C9H16O3. The van der Waals surface area contributed by atoms with Gasteiger partial charge in [-0.2, -0.15) is 0 Å². The molecule has 0 amide bonds. The average molecular weight is 172 g/mol. The number of carbonyl (C=O) groups excluding carboxylic acids is 1. The molecule has 0 saturated heterocycles. The lowest BCUT2D eigenvalue weighted by Crippen LogP contribution is -2.32. The normalized spacial score (nSPS) is 29.8. The zero-order valence-corrected chi connectivity index (χ0v) is 7.45. The van der Waals surface area contributed by atoms with Crippen LogP contribution in [0, 0.1) is 5.92 Å². The Morgan fingerprint density at radius 3 is 2.75 bits per heavy atom. The fourth-order valence-electron chi connectivity index (χ4n) is 1.64. The van der Waals surface area contributed by atoms with Crippen molar-refractivity contribution in [2.24, 2.45) is 5.92 Å². The third kappa shape index (κ3) is 2.21. The van der Waals surface area contributed by atoms with E-state index in [2.05, 4.69) is 0 Å². The van der Waals surface area contributed by atoms with Gasteiger partial charge in [0, 0.05) is 0 Å². The third-order valence-corrected chi connectivity index (χ3v) is 2.32. The van der Waals surface area contributed by atoms with E-state index in [9.17, 15) is 9.90 Å². The Morgan fingerprint density at radius 1 is 1.50 bits per heavy atom. The number of hydrogen-bond acceptors (Lipinski definition) is 3. The molecule has 0 aromatic carbocycles. The van der Waals surface area contributed by atoms with Crippen molar-refractivity contribution in [2.75, 3.05) is 6.61 Å². The minimum absolute atomic E-state index is 0.232. The number of aliphatic hydroxyl groups is 1. The first-order valence-corrected chi connectivity index (χ1v) is 4.60. The number of carbonyl (C=O) groups is 1. The molecule has 1 saturated carbocycles. The highest BCUT2D eigenvalue weighted by atomic mass is 16.5. The molecule has 1 unspecified atom stereocenters. The molecule has 70 valence electrons. The first-order chi connectivity index (χ1) is 5.75. The summed E-state index contributed by atoms with van der Waals surface area (Å²) in [5, 5.41) is 9.47. The van der Waals surface area contributed by atoms with Crippen molar-refractivity contribution in [1.82, 2.24) is 0 Å². The fraction of sp³-hybridized carbons (Fsp3) is 0.889. The molecule has 1 aliphatic rings. The van der Waals surface area contributed by atoms with E-state index in [0.717, 1.165) is 25.7 Å². The molecule has 2 atom stereocenters. The van der Waals surface area contributed by atoms with Gasteiger partial charge in [0.25, 0.3) is 0 Å². The molecular weight excluding hydrogens is 156 g/mol. The quantitative estimate of drug-likeness (QED) is 0.634. The number of ether oxygens (including phenoxy) is 1. The molecule has 3 nitrogen and oxygen atoms in total. The SMILES string of the molecule is CCOC(=O)C1CCCC[C@H]1O. The molecule has 0 spiro atoms. The second kappa shape index (κ2) is 4.45. The highest BCUT2D eigenvalue weighted by molar-refractivity contribution is 5.73. The van der Waals surface area contributed by atoms with Crippen LogP contribution in [0.4, 0.5) is 0 Å². The molecule has 1 fully saturated rings. The fourth-order valence-corrected chi connectivity index (χ4v) is 1.64. The van der Waals surface area contributed by atoms with Crippen LogP contribution < -0.4 is 0 Å². The van der Waals surface area contributed by atoms with E-state index in [1.54, 1.807) is 6.92 Å². The summed E-state index contributed by atoms with van der Waals surface area (Å²) in [6.45, 7) is 2.19. The average Bonchev–Trinajstić information content (AvgIpc) is 2.05. The van der Waals surface area contributed by atoms with Gasteiger partial charge in [-0.3, -0.25) is 4.79 Å². The van der Waals surface area contributed by atoms with Crippen molar-refractivity contribution < 1.29 is 14.6 Å². The number of esters is 1. The lowest BCUT2D eigenvalue weighted by atomic mass is 9.87. The van der Waals surface area contributed by atoms with Crippen LogP contribution >= 0.6 is 0 Å². The smallest absolute Gasteiger partial charge is 0.311 e. The van der Waals surface area contributed by atoms with Crippen LogP contribution in [0.15, 0.2) is 0 Å². The lowest BCUT2D eigenvalue weighted by molar-refractivity contribution is -0.153. The highest BCUT2D eigenvalue weighted by Gasteiger charge is 2.30. The maximum absolute atomic E-state index is 11.2. The summed E-state index contributed by atoms with van der Waals surface area (Å²) < 4.78 is 4.85. The maximum atomic E-state index is 11.2. The van der Waals surface area contributed by atoms with Crippen molar-refractivity contribution in [1.29, 1.82) is 0 Å². The van der Waals surface area contributed by atoms with Crippen LogP contribution in [0.3, 0.4) is 0 Å². The van der Waals surface area contributed by atoms with Gasteiger partial charge in [-0.15, -0.1) is 0 Å². The van der Waals surface area contributed by atoms with Gasteiger partial charge in [-0.1, -0.05) is 12.8 Å². The van der Waals surface area contributed by atoms with Gasteiger partial charge in [-0.25, -0.2) is 0 Å². The van der Waals surface area contributed by atoms with Gasteiger partial charge in [0.15, 0.2) is 0 Å². The number of hydrogen-bond donors (Lipinski definition) is 1. The van der Waals surface area contributed by atoms with Crippen molar-refractivity contribution in [2.45, 2.75) is 38.7 Å². The zero-order chi connectivity index (χ0) is 8.97. The van der Waals surface area contributed by atoms with Gasteiger partial charge in [0.2, 0.25) is 0 Å². The van der Waals surface area contributed by atoms with E-state index < -0.39 is 6.10 Å². The van der Waals surface area contributed by atoms with Crippen molar-refractivity contribution in [3.8, 4) is 0 Å². The van der Waals surface area contributed by atoms with Gasteiger partial charge >= 0.3 is 5.97 Å². The van der Waals surface area contributed by atoms with Crippen LogP contribution in [-0.2, 0) is 9.53 Å². The standard InChI is InChI=1S/C9H16O3/c1-2-12-9(11)7-5-3-4-6-8(7)10/h7-8,10H,2-6H2,1H3/t7?,8-/m1/s1. The first-order valence-electron chi connectivity index (χ1n) is 4.60. The molecule has 0 heterocycles. The summed E-state index contributed by atoms with van der Waals surface area (Å²) in [7, 11) is 0. The minimum Gasteiger partial charge on any atom is -0.466 e. The molecule has 0 radical (unpaired) electrons. The van der Waals surface area contributed by atoms with Gasteiger partial charge in [0.05, 0.1) is 18.6 Å². The number of rotatable bonds is 2. The van der Waals surface area contributed by atoms with Crippen molar-refractivity contribution in [3.63, 3.8) is 0 Å². The molecule has 1 rings (SSSR count). The maximum Gasteiger partial charge on any atom is 0.311 e. The molecule has 1 aliphatic carbocycles. The van der Waals surface area contributed by atoms with E-state index in [0.29, 0.717) is 6.61 Å².